The van der Waals surface area contributed by atoms with Gasteiger partial charge in [0.2, 0.25) is 0 Å². The van der Waals surface area contributed by atoms with E-state index in [9.17, 15) is 54.1 Å². The quantitative estimate of drug-likeness (QED) is 0.0254. The second-order valence-corrected chi connectivity index (χ2v) is 39.9. The lowest BCUT2D eigenvalue weighted by Crippen LogP contribution is -2.42. The lowest BCUT2D eigenvalue weighted by atomic mass is 9.99. The zero-order chi connectivity index (χ0) is 82.8. The summed E-state index contributed by atoms with van der Waals surface area (Å²) in [5, 5.41) is 75.5. The molecule has 10 N–H and O–H groups in total. The highest BCUT2D eigenvalue weighted by Crippen LogP contribution is 2.35. The number of rotatable bonds is 25. The molecule has 115 heavy (non-hydrogen) atoms. The second kappa shape index (κ2) is 37.7. The number of fused-ring (bicyclic) bond motifs is 4. The molecule has 0 bridgehead atoms. The van der Waals surface area contributed by atoms with Crippen LogP contribution in [0.1, 0.15) is 72.6 Å². The van der Waals surface area contributed by atoms with Crippen LogP contribution in [0.5, 0.6) is 0 Å². The van der Waals surface area contributed by atoms with Crippen molar-refractivity contribution in [1.82, 2.24) is 58.4 Å². The Balaban J connectivity index is 0.000000151. The van der Waals surface area contributed by atoms with Crippen molar-refractivity contribution in [2.45, 2.75) is 116 Å². The average Bonchev–Trinajstić information content (AvgIpc) is 1.71. The highest BCUT2D eigenvalue weighted by atomic mass is 79.9. The normalized spacial score (nSPS) is 15.4. The maximum atomic E-state index is 11.7. The summed E-state index contributed by atoms with van der Waals surface area (Å²) in [5.41, 5.74) is 5.48. The van der Waals surface area contributed by atoms with E-state index in [2.05, 4.69) is 136 Å². The fraction of sp³-hybridized carbons (Fsp3) is 0.360. The lowest BCUT2D eigenvalue weighted by Gasteiger charge is -2.36. The molecular formula is C75H90Br4N20O12S4. The van der Waals surface area contributed by atoms with Crippen LogP contribution in [0, 0.1) is 11.8 Å². The van der Waals surface area contributed by atoms with Gasteiger partial charge in [0.05, 0.1) is 100 Å². The largest absolute Gasteiger partial charge is 0.396 e. The van der Waals surface area contributed by atoms with E-state index in [1.165, 1.54) is 25.0 Å². The lowest BCUT2D eigenvalue weighted by molar-refractivity contribution is 0.239. The number of nitrogens with one attached hydrogen (secondary N) is 6. The number of hydrogen-bond donors (Lipinski definition) is 10. The topological polar surface area (TPSA) is 417 Å². The first-order valence-corrected chi connectivity index (χ1v) is 47.3. The van der Waals surface area contributed by atoms with Crippen LogP contribution in [0.2, 0.25) is 0 Å². The number of aliphatic hydroxyl groups excluding tert-OH is 4. The summed E-state index contributed by atoms with van der Waals surface area (Å²) in [6, 6.07) is 33.6. The van der Waals surface area contributed by atoms with Gasteiger partial charge in [0, 0.05) is 97.8 Å². The van der Waals surface area contributed by atoms with E-state index < -0.39 is 39.3 Å². The minimum Gasteiger partial charge on any atom is -0.396 e. The maximum absolute atomic E-state index is 11.7. The molecule has 2 fully saturated rings. The standard InChI is InChI=1S/C20H24BrN5O3S.C19H22BrN5O3S.2C18H22BrN5O3S/c1-30(28,29)16-7-5-14(6-8-16)23-19-12-18(24-20-17(21)13-22-26(19)20)25-10-3-2-4-15(25)9-11-27;1-29(27,28)15-7-5-13(6-8-15)22-18-10-17(23-19-16(20)11-21-25(18)19)24-9-3-2-4-14(24)12-26;2*1-11(2)15(10-25)22-16-8-17(24-18(23-16)14(19)9-20-24)21-12-4-6-13(7-5-12)28(3,26)27/h5-8,12-13,15,23,27H,2-4,9-11H2,1H3;5-8,10-11,14,22,26H,2-4,9,12H2,1H3;2*4-9,11,15,21,25H,10H2,1-3H3,(H,22,23)/t;;2*15-/m..10/s1. The van der Waals surface area contributed by atoms with Gasteiger partial charge < -0.3 is 62.1 Å². The van der Waals surface area contributed by atoms with Crippen molar-refractivity contribution in [1.29, 1.82) is 0 Å². The fourth-order valence-corrected chi connectivity index (χ4v) is 16.6. The number of nitrogens with zero attached hydrogens (tertiary/aromatic N) is 14. The molecule has 2 aliphatic rings. The van der Waals surface area contributed by atoms with E-state index in [1.54, 1.807) is 152 Å². The minimum atomic E-state index is -3.25. The van der Waals surface area contributed by atoms with Crippen molar-refractivity contribution in [3.05, 3.63) is 164 Å². The zero-order valence-electron chi connectivity index (χ0n) is 64.0. The molecule has 12 aromatic rings. The van der Waals surface area contributed by atoms with Crippen molar-refractivity contribution < 1.29 is 54.1 Å². The van der Waals surface area contributed by atoms with Gasteiger partial charge >= 0.3 is 0 Å². The molecule has 0 radical (unpaired) electrons. The monoisotopic (exact) mass is 1910 g/mol. The Kier molecular flexibility index (Phi) is 28.6. The van der Waals surface area contributed by atoms with Crippen LogP contribution in [0.25, 0.3) is 22.6 Å². The van der Waals surface area contributed by atoms with Gasteiger partial charge in [-0.15, -0.1) is 0 Å². The summed E-state index contributed by atoms with van der Waals surface area (Å²) in [6.45, 7) is 10.0. The Hall–Kier alpha value is -8.68. The molecule has 0 saturated carbocycles. The molecule has 2 aliphatic heterocycles. The van der Waals surface area contributed by atoms with Crippen molar-refractivity contribution >= 4 is 195 Å². The van der Waals surface area contributed by atoms with Gasteiger partial charge in [-0.3, -0.25) is 0 Å². The van der Waals surface area contributed by atoms with Crippen LogP contribution in [0.15, 0.2) is 184 Å². The third kappa shape index (κ3) is 21.9. The van der Waals surface area contributed by atoms with Crippen LogP contribution in [-0.4, -0.2) is 201 Å². The van der Waals surface area contributed by atoms with Gasteiger partial charge in [-0.05, 0) is 218 Å². The summed E-state index contributed by atoms with van der Waals surface area (Å²) in [4.78, 5) is 24.2. The van der Waals surface area contributed by atoms with Crippen molar-refractivity contribution in [3.63, 3.8) is 0 Å². The van der Waals surface area contributed by atoms with Crippen LogP contribution in [0.4, 0.5) is 69.3 Å². The fourth-order valence-electron chi connectivity index (χ4n) is 12.7. The molecule has 32 nitrogen and oxygen atoms in total. The van der Waals surface area contributed by atoms with Gasteiger partial charge in [0.1, 0.15) is 46.5 Å². The van der Waals surface area contributed by atoms with Gasteiger partial charge in [0.15, 0.2) is 61.9 Å². The summed E-state index contributed by atoms with van der Waals surface area (Å²) in [7, 11) is -13.0. The van der Waals surface area contributed by atoms with E-state index in [1.807, 2.05) is 39.8 Å². The van der Waals surface area contributed by atoms with Gasteiger partial charge in [-0.2, -0.15) is 38.5 Å². The summed E-state index contributed by atoms with van der Waals surface area (Å²) in [6.07, 6.45) is 18.5. The Morgan fingerprint density at radius 3 is 0.948 bits per heavy atom. The maximum Gasteiger partial charge on any atom is 0.175 e. The summed E-state index contributed by atoms with van der Waals surface area (Å²) < 4.78 is 103. The van der Waals surface area contributed by atoms with Gasteiger partial charge in [-0.25, -0.2) is 53.6 Å². The van der Waals surface area contributed by atoms with E-state index in [0.717, 1.165) is 98.3 Å². The molecule has 4 aromatic carbocycles. The molecule has 0 spiro atoms. The van der Waals surface area contributed by atoms with Crippen LogP contribution in [0.3, 0.4) is 0 Å². The van der Waals surface area contributed by atoms with E-state index in [-0.39, 0.29) is 82.0 Å². The molecule has 8 aromatic heterocycles. The molecule has 2 unspecified atom stereocenters. The molecule has 2 saturated heterocycles. The first-order chi connectivity index (χ1) is 54.6. The van der Waals surface area contributed by atoms with Crippen LogP contribution < -0.4 is 41.7 Å². The molecule has 40 heteroatoms. The number of aromatic nitrogens is 12. The number of sulfone groups is 4. The molecule has 14 rings (SSSR count). The van der Waals surface area contributed by atoms with Crippen molar-refractivity contribution in [2.75, 3.05) is 106 Å². The highest BCUT2D eigenvalue weighted by molar-refractivity contribution is 9.11. The zero-order valence-corrected chi connectivity index (χ0v) is 73.6. The Bertz CT molecular complexity index is 5690. The Labute approximate surface area is 700 Å². The predicted octanol–water partition coefficient (Wildman–Crippen LogP) is 12.5. The second-order valence-electron chi connectivity index (χ2n) is 28.4. The molecular weight excluding hydrogens is 1820 g/mol. The number of piperidine rings is 2. The molecule has 0 aliphatic carbocycles. The minimum absolute atomic E-state index is 0.0132. The van der Waals surface area contributed by atoms with Gasteiger partial charge in [0.25, 0.3) is 0 Å². The molecule has 0 amide bonds. The first kappa shape index (κ1) is 87.2. The number of hydrogen-bond acceptors (Lipinski definition) is 28. The number of aliphatic hydroxyl groups is 4. The number of halogens is 4. The van der Waals surface area contributed by atoms with E-state index in [0.29, 0.717) is 69.5 Å². The number of benzene rings is 4. The van der Waals surface area contributed by atoms with Crippen molar-refractivity contribution in [3.8, 4) is 0 Å². The first-order valence-electron chi connectivity index (χ1n) is 36.6. The molecule has 10 heterocycles. The van der Waals surface area contributed by atoms with E-state index in [4.69, 9.17) is 9.97 Å². The van der Waals surface area contributed by atoms with Crippen molar-refractivity contribution in [2.24, 2.45) is 11.8 Å². The smallest absolute Gasteiger partial charge is 0.175 e. The van der Waals surface area contributed by atoms with Gasteiger partial charge in [-0.1, -0.05) is 27.7 Å². The Morgan fingerprint density at radius 1 is 0.400 bits per heavy atom. The third-order valence-electron chi connectivity index (χ3n) is 19.1. The van der Waals surface area contributed by atoms with E-state index >= 15 is 0 Å². The number of anilines is 12. The highest BCUT2D eigenvalue weighted by Gasteiger charge is 2.28. The Morgan fingerprint density at radius 2 is 0.678 bits per heavy atom. The summed E-state index contributed by atoms with van der Waals surface area (Å²) in [5.74, 6) is 5.94. The predicted molar refractivity (Wildman–Crippen MR) is 462 cm³/mol. The average molecular weight is 1910 g/mol. The third-order valence-corrected chi connectivity index (χ3v) is 25.8. The van der Waals surface area contributed by atoms with Crippen LogP contribution in [-0.2, 0) is 39.3 Å². The van der Waals surface area contributed by atoms with Crippen LogP contribution >= 0.6 is 63.7 Å². The molecule has 614 valence electrons. The summed E-state index contributed by atoms with van der Waals surface area (Å²) >= 11 is 13.9. The molecule has 4 atom stereocenters. The SMILES string of the molecule is CC(C)[C@@H](CO)Nc1cc(Nc2ccc(S(C)(=O)=O)cc2)n2ncc(Br)c2n1.CC(C)[C@H](CO)Nc1cc(Nc2ccc(S(C)(=O)=O)cc2)n2ncc(Br)c2n1.CS(=O)(=O)c1ccc(Nc2cc(N3CCCCC3CCO)nc3c(Br)cnn23)cc1.CS(=O)(=O)c1ccc(Nc2cc(N3CCCCC3CO)nc3c(Br)cnn23)cc1.